The van der Waals surface area contributed by atoms with Crippen LogP contribution in [0.5, 0.6) is 0 Å². The van der Waals surface area contributed by atoms with Crippen molar-refractivity contribution in [3.8, 4) is 0 Å². The molecule has 5 nitrogen and oxygen atoms in total. The van der Waals surface area contributed by atoms with E-state index in [9.17, 15) is 9.59 Å². The maximum absolute atomic E-state index is 14.4. The van der Waals surface area contributed by atoms with Crippen LogP contribution in [0.1, 0.15) is 106 Å². The lowest BCUT2D eigenvalue weighted by molar-refractivity contribution is -0.187. The Labute approximate surface area is 218 Å². The van der Waals surface area contributed by atoms with Crippen LogP contribution in [0.4, 0.5) is 0 Å². The number of allylic oxidation sites excluding steroid dienone is 2. The van der Waals surface area contributed by atoms with Crippen molar-refractivity contribution in [2.24, 2.45) is 56.0 Å². The standard InChI is InChI=1S/C31H50N2O3/c1-26(2)22-9-12-31(7)24(29(22,5)11-10-23(26)32)21(34)17-19-20-18-28(4,25(35)33-36-8)14-13-27(20,3)15-16-30(19,31)6/h17,20,22-24H,9-16,18,32H2,1-8H3,(H,33,35)/t20-,22?,23+,24+,27+,28-,29-,30+,31+/m0/s1. The number of hydrogen-bond acceptors (Lipinski definition) is 4. The molecule has 0 aromatic rings. The molecule has 1 amide bonds. The monoisotopic (exact) mass is 498 g/mol. The molecule has 0 aromatic carbocycles. The zero-order chi connectivity index (χ0) is 26.5. The summed E-state index contributed by atoms with van der Waals surface area (Å²) in [5.74, 6) is 1.08. The van der Waals surface area contributed by atoms with Gasteiger partial charge in [-0.15, -0.1) is 0 Å². The Morgan fingerprint density at radius 1 is 0.972 bits per heavy atom. The fourth-order valence-corrected chi connectivity index (χ4v) is 10.6. The number of carbonyl (C=O) groups excluding carboxylic acids is 2. The first-order chi connectivity index (χ1) is 16.6. The van der Waals surface area contributed by atoms with Gasteiger partial charge >= 0.3 is 0 Å². The Bertz CT molecular complexity index is 1000. The third-order valence-corrected chi connectivity index (χ3v) is 13.4. The highest BCUT2D eigenvalue weighted by atomic mass is 16.6. The molecule has 5 rings (SSSR count). The lowest BCUT2D eigenvalue weighted by Gasteiger charge is -2.70. The molecular formula is C31H50N2O3. The van der Waals surface area contributed by atoms with Crippen LogP contribution < -0.4 is 11.2 Å². The van der Waals surface area contributed by atoms with E-state index in [1.807, 2.05) is 0 Å². The van der Waals surface area contributed by atoms with Gasteiger partial charge < -0.3 is 5.73 Å². The van der Waals surface area contributed by atoms with Gasteiger partial charge in [-0.05, 0) is 103 Å². The molecule has 0 radical (unpaired) electrons. The van der Waals surface area contributed by atoms with Crippen molar-refractivity contribution < 1.29 is 14.4 Å². The van der Waals surface area contributed by atoms with E-state index in [4.69, 9.17) is 10.6 Å². The van der Waals surface area contributed by atoms with Gasteiger partial charge in [-0.3, -0.25) is 14.4 Å². The first kappa shape index (κ1) is 26.4. The second-order valence-electron chi connectivity index (χ2n) is 15.4. The highest BCUT2D eigenvalue weighted by molar-refractivity contribution is 5.95. The van der Waals surface area contributed by atoms with E-state index in [0.717, 1.165) is 51.4 Å². The molecule has 9 atom stereocenters. The van der Waals surface area contributed by atoms with Crippen LogP contribution >= 0.6 is 0 Å². The van der Waals surface area contributed by atoms with E-state index in [1.165, 1.54) is 19.1 Å². The van der Waals surface area contributed by atoms with Crippen LogP contribution in [-0.4, -0.2) is 24.8 Å². The number of hydrogen-bond donors (Lipinski definition) is 2. The van der Waals surface area contributed by atoms with Gasteiger partial charge in [0, 0.05) is 17.4 Å². The Morgan fingerprint density at radius 2 is 1.64 bits per heavy atom. The molecule has 1 unspecified atom stereocenters. The lowest BCUT2D eigenvalue weighted by Crippen LogP contribution is -2.67. The van der Waals surface area contributed by atoms with Crippen molar-refractivity contribution in [3.63, 3.8) is 0 Å². The summed E-state index contributed by atoms with van der Waals surface area (Å²) in [5, 5.41) is 0. The number of carbonyl (C=O) groups is 2. The van der Waals surface area contributed by atoms with Crippen LogP contribution in [0.15, 0.2) is 11.6 Å². The van der Waals surface area contributed by atoms with Gasteiger partial charge in [-0.1, -0.05) is 54.0 Å². The minimum absolute atomic E-state index is 0.0192. The van der Waals surface area contributed by atoms with Crippen molar-refractivity contribution >= 4 is 11.7 Å². The molecular weight excluding hydrogens is 448 g/mol. The molecule has 0 bridgehead atoms. The fourth-order valence-electron chi connectivity index (χ4n) is 10.6. The van der Waals surface area contributed by atoms with Gasteiger partial charge in [0.1, 0.15) is 0 Å². The van der Waals surface area contributed by atoms with Gasteiger partial charge in [-0.2, -0.15) is 0 Å². The summed E-state index contributed by atoms with van der Waals surface area (Å²) in [7, 11) is 1.51. The van der Waals surface area contributed by atoms with Crippen molar-refractivity contribution in [2.45, 2.75) is 112 Å². The molecule has 0 heterocycles. The molecule has 4 saturated carbocycles. The van der Waals surface area contributed by atoms with E-state index >= 15 is 0 Å². The summed E-state index contributed by atoms with van der Waals surface area (Å²) in [6.45, 7) is 16.5. The molecule has 0 aromatic heterocycles. The lowest BCUT2D eigenvalue weighted by atomic mass is 9.33. The van der Waals surface area contributed by atoms with Crippen LogP contribution in [-0.2, 0) is 14.4 Å². The summed E-state index contributed by atoms with van der Waals surface area (Å²) < 4.78 is 0. The highest BCUT2D eigenvalue weighted by Gasteiger charge is 2.70. The van der Waals surface area contributed by atoms with Gasteiger partial charge in [-0.25, -0.2) is 5.48 Å². The van der Waals surface area contributed by atoms with Crippen LogP contribution in [0.25, 0.3) is 0 Å². The zero-order valence-electron chi connectivity index (χ0n) is 24.1. The Kier molecular flexibility index (Phi) is 5.80. The zero-order valence-corrected chi connectivity index (χ0v) is 24.1. The van der Waals surface area contributed by atoms with E-state index in [1.54, 1.807) is 0 Å². The van der Waals surface area contributed by atoms with Gasteiger partial charge in [0.05, 0.1) is 7.11 Å². The summed E-state index contributed by atoms with van der Waals surface area (Å²) >= 11 is 0. The van der Waals surface area contributed by atoms with E-state index < -0.39 is 5.41 Å². The molecule has 5 heteroatoms. The second kappa shape index (κ2) is 7.91. The summed E-state index contributed by atoms with van der Waals surface area (Å²) in [4.78, 5) is 32.4. The van der Waals surface area contributed by atoms with Crippen LogP contribution in [0.2, 0.25) is 0 Å². The second-order valence-corrected chi connectivity index (χ2v) is 15.4. The molecule has 4 fully saturated rings. The van der Waals surface area contributed by atoms with Gasteiger partial charge in [0.15, 0.2) is 5.78 Å². The molecule has 0 aliphatic heterocycles. The first-order valence-corrected chi connectivity index (χ1v) is 14.4. The Balaban J connectivity index is 1.59. The number of ketones is 1. The number of hydroxylamine groups is 1. The number of fused-ring (bicyclic) bond motifs is 7. The van der Waals surface area contributed by atoms with E-state index in [0.29, 0.717) is 11.7 Å². The predicted molar refractivity (Wildman–Crippen MR) is 143 cm³/mol. The SMILES string of the molecule is CONC(=O)[C@@]1(C)CC[C@]2(C)CC[C@]3(C)C(=CC(=O)[C@@H]4[C@@]5(C)CC[C@@H](N)C(C)(C)C5CC[C@]43C)[C@@H]2C1. The maximum atomic E-state index is 14.4. The molecule has 5 aliphatic carbocycles. The average molecular weight is 499 g/mol. The molecule has 5 aliphatic rings. The third kappa shape index (κ3) is 3.20. The number of amides is 1. The molecule has 0 saturated heterocycles. The maximum Gasteiger partial charge on any atom is 0.249 e. The minimum atomic E-state index is -0.479. The Morgan fingerprint density at radius 3 is 2.31 bits per heavy atom. The van der Waals surface area contributed by atoms with Crippen LogP contribution in [0, 0.1) is 50.2 Å². The first-order valence-electron chi connectivity index (χ1n) is 14.4. The molecule has 202 valence electrons. The summed E-state index contributed by atoms with van der Waals surface area (Å²) in [5.41, 5.74) is 10.2. The largest absolute Gasteiger partial charge is 0.327 e. The minimum Gasteiger partial charge on any atom is -0.327 e. The summed E-state index contributed by atoms with van der Waals surface area (Å²) in [6, 6.07) is 0.203. The number of nitrogens with one attached hydrogen (secondary N) is 1. The number of rotatable bonds is 2. The number of nitrogens with two attached hydrogens (primary N) is 1. The predicted octanol–water partition coefficient (Wildman–Crippen LogP) is 5.97. The van der Waals surface area contributed by atoms with Crippen molar-refractivity contribution in [3.05, 3.63) is 11.6 Å². The quantitative estimate of drug-likeness (QED) is 0.460. The normalized spacial score (nSPS) is 51.7. The van der Waals surface area contributed by atoms with E-state index in [-0.39, 0.29) is 50.9 Å². The van der Waals surface area contributed by atoms with Gasteiger partial charge in [0.2, 0.25) is 5.91 Å². The van der Waals surface area contributed by atoms with Crippen molar-refractivity contribution in [1.29, 1.82) is 0 Å². The summed E-state index contributed by atoms with van der Waals surface area (Å²) in [6.07, 6.45) is 11.3. The highest BCUT2D eigenvalue weighted by Crippen LogP contribution is 2.75. The smallest absolute Gasteiger partial charge is 0.249 e. The molecule has 3 N–H and O–H groups in total. The van der Waals surface area contributed by atoms with Gasteiger partial charge in [0.25, 0.3) is 0 Å². The van der Waals surface area contributed by atoms with E-state index in [2.05, 4.69) is 60.0 Å². The van der Waals surface area contributed by atoms with Crippen molar-refractivity contribution in [1.82, 2.24) is 5.48 Å². The average Bonchev–Trinajstić information content (AvgIpc) is 2.79. The topological polar surface area (TPSA) is 81.4 Å². The van der Waals surface area contributed by atoms with Crippen molar-refractivity contribution in [2.75, 3.05) is 7.11 Å². The molecule has 0 spiro atoms. The third-order valence-electron chi connectivity index (χ3n) is 13.4. The van der Waals surface area contributed by atoms with Crippen LogP contribution in [0.3, 0.4) is 0 Å². The Hall–Kier alpha value is -1.20. The fraction of sp³-hybridized carbons (Fsp3) is 0.871. The molecule has 36 heavy (non-hydrogen) atoms.